The maximum absolute atomic E-state index is 11.9. The highest BCUT2D eigenvalue weighted by Gasteiger charge is 2.08. The third-order valence-electron chi connectivity index (χ3n) is 2.24. The van der Waals surface area contributed by atoms with Gasteiger partial charge < -0.3 is 10.7 Å². The van der Waals surface area contributed by atoms with Crippen LogP contribution in [0.3, 0.4) is 0 Å². The Hall–Kier alpha value is -2.48. The first-order valence-electron chi connectivity index (χ1n) is 5.27. The molecule has 2 rings (SSSR count). The molecule has 0 unspecified atom stereocenters. The van der Waals surface area contributed by atoms with E-state index in [4.69, 9.17) is 5.84 Å². The molecule has 0 aliphatic rings. The lowest BCUT2D eigenvalue weighted by molar-refractivity contribution is 0.0949. The molecule has 8 nitrogen and oxygen atoms in total. The number of nitrogens with zero attached hydrogens (tertiary/aromatic N) is 3. The molecule has 18 heavy (non-hydrogen) atoms. The van der Waals surface area contributed by atoms with E-state index in [1.54, 1.807) is 19.1 Å². The van der Waals surface area contributed by atoms with Crippen LogP contribution in [-0.2, 0) is 6.54 Å². The Morgan fingerprint density at radius 3 is 3.00 bits per heavy atom. The van der Waals surface area contributed by atoms with E-state index in [0.29, 0.717) is 22.9 Å². The van der Waals surface area contributed by atoms with Crippen LogP contribution in [-0.4, -0.2) is 26.1 Å². The van der Waals surface area contributed by atoms with Crippen molar-refractivity contribution < 1.29 is 4.79 Å². The van der Waals surface area contributed by atoms with Crippen LogP contribution in [0.25, 0.3) is 0 Å². The van der Waals surface area contributed by atoms with E-state index in [0.717, 1.165) is 0 Å². The Bertz CT molecular complexity index is 537. The van der Waals surface area contributed by atoms with E-state index >= 15 is 0 Å². The van der Waals surface area contributed by atoms with E-state index in [9.17, 15) is 4.79 Å². The number of aromatic nitrogens is 4. The molecular formula is C10H13N7O. The zero-order valence-corrected chi connectivity index (χ0v) is 9.77. The Morgan fingerprint density at radius 1 is 1.50 bits per heavy atom. The molecule has 0 atom stereocenters. The predicted octanol–water partition coefficient (Wildman–Crippen LogP) is -0.276. The Kier molecular flexibility index (Phi) is 3.49. The summed E-state index contributed by atoms with van der Waals surface area (Å²) in [6.07, 6.45) is 1.38. The molecule has 0 radical (unpaired) electrons. The van der Waals surface area contributed by atoms with Gasteiger partial charge in [0.15, 0.2) is 0 Å². The molecule has 94 valence electrons. The normalized spacial score (nSPS) is 10.1. The fraction of sp³-hybridized carbons (Fsp3) is 0.200. The number of aromatic amines is 1. The van der Waals surface area contributed by atoms with E-state index < -0.39 is 0 Å². The largest absolute Gasteiger partial charge is 0.345 e. The van der Waals surface area contributed by atoms with Crippen LogP contribution in [0.4, 0.5) is 5.82 Å². The number of amides is 1. The van der Waals surface area contributed by atoms with Gasteiger partial charge in [0.2, 0.25) is 0 Å². The molecule has 0 spiro atoms. The number of pyridine rings is 1. The SMILES string of the molecule is Cc1cc(C(=O)NCc2ncn[nH]2)cc(NN)n1. The van der Waals surface area contributed by atoms with Crippen LogP contribution in [0.2, 0.25) is 0 Å². The molecule has 8 heteroatoms. The van der Waals surface area contributed by atoms with Crippen LogP contribution in [0.5, 0.6) is 0 Å². The van der Waals surface area contributed by atoms with Crippen molar-refractivity contribution in [2.24, 2.45) is 5.84 Å². The predicted molar refractivity (Wildman–Crippen MR) is 64.3 cm³/mol. The number of hydrogen-bond acceptors (Lipinski definition) is 6. The second kappa shape index (κ2) is 5.23. The maximum atomic E-state index is 11.9. The lowest BCUT2D eigenvalue weighted by atomic mass is 10.2. The van der Waals surface area contributed by atoms with Crippen molar-refractivity contribution in [3.05, 3.63) is 35.5 Å². The number of carbonyl (C=O) groups excluding carboxylic acids is 1. The standard InChI is InChI=1S/C10H13N7O/c1-6-2-7(3-8(15-6)16-11)10(18)12-4-9-13-5-14-17-9/h2-3,5H,4,11H2,1H3,(H,12,18)(H,15,16)(H,13,14,17). The topological polar surface area (TPSA) is 122 Å². The third-order valence-corrected chi connectivity index (χ3v) is 2.24. The van der Waals surface area contributed by atoms with Crippen LogP contribution in [0.1, 0.15) is 21.9 Å². The van der Waals surface area contributed by atoms with Crippen molar-refractivity contribution in [3.63, 3.8) is 0 Å². The van der Waals surface area contributed by atoms with Gasteiger partial charge in [-0.05, 0) is 19.1 Å². The van der Waals surface area contributed by atoms with E-state index in [2.05, 4.69) is 30.9 Å². The fourth-order valence-corrected chi connectivity index (χ4v) is 1.46. The summed E-state index contributed by atoms with van der Waals surface area (Å²) in [6.45, 7) is 2.07. The molecule has 1 amide bonds. The Labute approximate surface area is 103 Å². The van der Waals surface area contributed by atoms with Gasteiger partial charge in [-0.15, -0.1) is 0 Å². The van der Waals surface area contributed by atoms with Crippen molar-refractivity contribution in [2.45, 2.75) is 13.5 Å². The van der Waals surface area contributed by atoms with Gasteiger partial charge in [0.25, 0.3) is 5.91 Å². The Balaban J connectivity index is 2.06. The van der Waals surface area contributed by atoms with Crippen molar-refractivity contribution in [3.8, 4) is 0 Å². The number of rotatable bonds is 4. The van der Waals surface area contributed by atoms with Crippen molar-refractivity contribution in [1.29, 1.82) is 0 Å². The molecule has 0 fully saturated rings. The minimum atomic E-state index is -0.228. The van der Waals surface area contributed by atoms with Gasteiger partial charge in [-0.25, -0.2) is 15.8 Å². The third kappa shape index (κ3) is 2.80. The monoisotopic (exact) mass is 247 g/mol. The summed E-state index contributed by atoms with van der Waals surface area (Å²) in [7, 11) is 0. The molecule has 5 N–H and O–H groups in total. The molecule has 2 aromatic rings. The molecule has 0 aliphatic carbocycles. The smallest absolute Gasteiger partial charge is 0.251 e. The van der Waals surface area contributed by atoms with Crippen molar-refractivity contribution >= 4 is 11.7 Å². The summed E-state index contributed by atoms with van der Waals surface area (Å²) in [5.41, 5.74) is 3.60. The van der Waals surface area contributed by atoms with E-state index in [1.165, 1.54) is 6.33 Å². The number of hydrogen-bond donors (Lipinski definition) is 4. The van der Waals surface area contributed by atoms with Gasteiger partial charge >= 0.3 is 0 Å². The van der Waals surface area contributed by atoms with Crippen molar-refractivity contribution in [2.75, 3.05) is 5.43 Å². The maximum Gasteiger partial charge on any atom is 0.251 e. The number of nitrogens with two attached hydrogens (primary N) is 1. The molecule has 2 heterocycles. The molecular weight excluding hydrogens is 234 g/mol. The average Bonchev–Trinajstić information content (AvgIpc) is 2.88. The first kappa shape index (κ1) is 12.0. The zero-order valence-electron chi connectivity index (χ0n) is 9.77. The van der Waals surface area contributed by atoms with Crippen LogP contribution in [0.15, 0.2) is 18.5 Å². The summed E-state index contributed by atoms with van der Waals surface area (Å²) < 4.78 is 0. The first-order chi connectivity index (χ1) is 8.69. The van der Waals surface area contributed by atoms with Gasteiger partial charge in [-0.3, -0.25) is 9.89 Å². The molecule has 0 saturated heterocycles. The molecule has 0 bridgehead atoms. The summed E-state index contributed by atoms with van der Waals surface area (Å²) >= 11 is 0. The Morgan fingerprint density at radius 2 is 2.33 bits per heavy atom. The highest BCUT2D eigenvalue weighted by molar-refractivity contribution is 5.94. The van der Waals surface area contributed by atoms with E-state index in [1.807, 2.05) is 0 Å². The second-order valence-electron chi connectivity index (χ2n) is 3.64. The molecule has 0 aromatic carbocycles. The van der Waals surface area contributed by atoms with Crippen LogP contribution >= 0.6 is 0 Å². The summed E-state index contributed by atoms with van der Waals surface area (Å²) in [5, 5.41) is 9.06. The number of H-pyrrole nitrogens is 1. The minimum absolute atomic E-state index is 0.228. The van der Waals surface area contributed by atoms with Gasteiger partial charge in [0, 0.05) is 11.3 Å². The van der Waals surface area contributed by atoms with Crippen molar-refractivity contribution in [1.82, 2.24) is 25.5 Å². The average molecular weight is 247 g/mol. The number of nitrogen functional groups attached to an aromatic ring is 1. The molecule has 2 aromatic heterocycles. The number of aryl methyl sites for hydroxylation is 1. The molecule has 0 saturated carbocycles. The highest BCUT2D eigenvalue weighted by atomic mass is 16.1. The van der Waals surface area contributed by atoms with Crippen LogP contribution in [0, 0.1) is 6.92 Å². The van der Waals surface area contributed by atoms with Gasteiger partial charge in [-0.1, -0.05) is 0 Å². The van der Waals surface area contributed by atoms with Gasteiger partial charge in [-0.2, -0.15) is 5.10 Å². The number of carbonyl (C=O) groups is 1. The zero-order chi connectivity index (χ0) is 13.0. The summed E-state index contributed by atoms with van der Waals surface area (Å²) in [6, 6.07) is 3.25. The summed E-state index contributed by atoms with van der Waals surface area (Å²) in [5.74, 6) is 6.08. The van der Waals surface area contributed by atoms with Gasteiger partial charge in [0.05, 0.1) is 6.54 Å². The number of anilines is 1. The summed E-state index contributed by atoms with van der Waals surface area (Å²) in [4.78, 5) is 19.9. The first-order valence-corrected chi connectivity index (χ1v) is 5.27. The van der Waals surface area contributed by atoms with Gasteiger partial charge in [0.1, 0.15) is 18.0 Å². The van der Waals surface area contributed by atoms with E-state index in [-0.39, 0.29) is 12.5 Å². The molecule has 0 aliphatic heterocycles. The van der Waals surface area contributed by atoms with Crippen LogP contribution < -0.4 is 16.6 Å². The fourth-order valence-electron chi connectivity index (χ4n) is 1.46. The lowest BCUT2D eigenvalue weighted by Gasteiger charge is -2.06. The quantitative estimate of drug-likeness (QED) is 0.435. The second-order valence-corrected chi connectivity index (χ2v) is 3.64. The highest BCUT2D eigenvalue weighted by Crippen LogP contribution is 2.09. The minimum Gasteiger partial charge on any atom is -0.345 e. The number of hydrazine groups is 1. The lowest BCUT2D eigenvalue weighted by Crippen LogP contribution is -2.24. The number of nitrogens with one attached hydrogen (secondary N) is 3.